The van der Waals surface area contributed by atoms with Crippen molar-refractivity contribution >= 4 is 12.1 Å². The van der Waals surface area contributed by atoms with Crippen LogP contribution in [0.4, 0.5) is 0 Å². The molecule has 0 spiro atoms. The number of benzene rings is 2. The van der Waals surface area contributed by atoms with E-state index in [1.165, 1.54) is 25.5 Å². The average Bonchev–Trinajstić information content (AvgIpc) is 2.55. The molecule has 0 saturated carbocycles. The fourth-order valence-corrected chi connectivity index (χ4v) is 1.65. The molecular weight excluding hydrogens is 284 g/mol. The second kappa shape index (κ2) is 7.68. The predicted octanol–water partition coefficient (Wildman–Crippen LogP) is 1.93. The molecule has 0 aliphatic rings. The van der Waals surface area contributed by atoms with E-state index in [-0.39, 0.29) is 18.3 Å². The van der Waals surface area contributed by atoms with E-state index < -0.39 is 0 Å². The van der Waals surface area contributed by atoms with E-state index in [2.05, 4.69) is 10.5 Å². The zero-order valence-corrected chi connectivity index (χ0v) is 12.0. The minimum Gasteiger partial charge on any atom is -0.508 e. The topological polar surface area (TPSA) is 80.2 Å². The lowest BCUT2D eigenvalue weighted by molar-refractivity contribution is -0.123. The van der Waals surface area contributed by atoms with E-state index in [0.717, 1.165) is 5.56 Å². The van der Waals surface area contributed by atoms with Gasteiger partial charge in [-0.2, -0.15) is 5.10 Å². The van der Waals surface area contributed by atoms with Crippen molar-refractivity contribution in [2.75, 3.05) is 13.7 Å². The first kappa shape index (κ1) is 15.4. The van der Waals surface area contributed by atoms with E-state index in [1.807, 2.05) is 6.07 Å². The minimum atomic E-state index is -0.388. The number of amides is 1. The molecule has 0 aliphatic heterocycles. The largest absolute Gasteiger partial charge is 0.508 e. The first-order valence-corrected chi connectivity index (χ1v) is 6.56. The zero-order valence-electron chi connectivity index (χ0n) is 12.0. The fraction of sp³-hybridized carbons (Fsp3) is 0.125. The standard InChI is InChI=1S/C16H16N2O4/c1-21-14-4-2-3-5-15(14)22-11-16(20)18-17-10-12-6-8-13(19)9-7-12/h2-10,19H,11H2,1H3,(H,18,20)/b17-10-. The Morgan fingerprint density at radius 2 is 1.86 bits per heavy atom. The highest BCUT2D eigenvalue weighted by atomic mass is 16.5. The molecule has 0 fully saturated rings. The number of phenols is 1. The van der Waals surface area contributed by atoms with Crippen LogP contribution in [-0.2, 0) is 4.79 Å². The van der Waals surface area contributed by atoms with Crippen molar-refractivity contribution in [2.24, 2.45) is 5.10 Å². The number of carbonyl (C=O) groups is 1. The first-order chi connectivity index (χ1) is 10.7. The van der Waals surface area contributed by atoms with E-state index in [0.29, 0.717) is 11.5 Å². The van der Waals surface area contributed by atoms with Gasteiger partial charge in [0.2, 0.25) is 0 Å². The van der Waals surface area contributed by atoms with Gasteiger partial charge in [-0.25, -0.2) is 5.43 Å². The van der Waals surface area contributed by atoms with Crippen molar-refractivity contribution in [2.45, 2.75) is 0 Å². The Labute approximate surface area is 128 Å². The predicted molar refractivity (Wildman–Crippen MR) is 82.3 cm³/mol. The molecular formula is C16H16N2O4. The second-order valence-electron chi connectivity index (χ2n) is 4.32. The van der Waals surface area contributed by atoms with Crippen molar-refractivity contribution in [1.29, 1.82) is 0 Å². The number of hydrogen-bond acceptors (Lipinski definition) is 5. The number of carbonyl (C=O) groups excluding carboxylic acids is 1. The third-order valence-electron chi connectivity index (χ3n) is 2.72. The molecule has 2 aromatic carbocycles. The van der Waals surface area contributed by atoms with Crippen LogP contribution in [-0.4, -0.2) is 30.9 Å². The van der Waals surface area contributed by atoms with E-state index in [1.54, 1.807) is 30.3 Å². The molecule has 6 nitrogen and oxygen atoms in total. The number of nitrogens with zero attached hydrogens (tertiary/aromatic N) is 1. The molecule has 0 aliphatic carbocycles. The summed E-state index contributed by atoms with van der Waals surface area (Å²) in [5.41, 5.74) is 3.11. The van der Waals surface area contributed by atoms with Gasteiger partial charge in [0.1, 0.15) is 5.75 Å². The van der Waals surface area contributed by atoms with Gasteiger partial charge in [-0.05, 0) is 42.0 Å². The van der Waals surface area contributed by atoms with Gasteiger partial charge in [0, 0.05) is 0 Å². The van der Waals surface area contributed by atoms with Crippen molar-refractivity contribution in [3.8, 4) is 17.2 Å². The van der Waals surface area contributed by atoms with Crippen LogP contribution in [0.2, 0.25) is 0 Å². The van der Waals surface area contributed by atoms with E-state index in [9.17, 15) is 4.79 Å². The molecule has 2 N–H and O–H groups in total. The molecule has 6 heteroatoms. The summed E-state index contributed by atoms with van der Waals surface area (Å²) in [6.07, 6.45) is 1.47. The quantitative estimate of drug-likeness (QED) is 0.631. The number of aromatic hydroxyl groups is 1. The number of hydrazone groups is 1. The van der Waals surface area contributed by atoms with Crippen LogP contribution in [0.3, 0.4) is 0 Å². The highest BCUT2D eigenvalue weighted by Gasteiger charge is 2.05. The van der Waals surface area contributed by atoms with Crippen LogP contribution >= 0.6 is 0 Å². The molecule has 0 heterocycles. The summed E-state index contributed by atoms with van der Waals surface area (Å²) >= 11 is 0. The lowest BCUT2D eigenvalue weighted by atomic mass is 10.2. The number of hydrogen-bond donors (Lipinski definition) is 2. The van der Waals surface area contributed by atoms with Crippen LogP contribution in [0.1, 0.15) is 5.56 Å². The molecule has 0 atom stereocenters. The molecule has 2 aromatic rings. The third kappa shape index (κ3) is 4.52. The number of nitrogens with one attached hydrogen (secondary N) is 1. The van der Waals surface area contributed by atoms with Gasteiger partial charge in [0.25, 0.3) is 5.91 Å². The monoisotopic (exact) mass is 300 g/mol. The summed E-state index contributed by atoms with van der Waals surface area (Å²) in [4.78, 5) is 11.6. The lowest BCUT2D eigenvalue weighted by Crippen LogP contribution is -2.24. The maximum atomic E-state index is 11.6. The number of methoxy groups -OCH3 is 1. The highest BCUT2D eigenvalue weighted by molar-refractivity contribution is 5.83. The van der Waals surface area contributed by atoms with Crippen LogP contribution in [0.5, 0.6) is 17.2 Å². The first-order valence-electron chi connectivity index (χ1n) is 6.56. The summed E-state index contributed by atoms with van der Waals surface area (Å²) in [7, 11) is 1.53. The van der Waals surface area contributed by atoms with Crippen molar-refractivity contribution in [3.63, 3.8) is 0 Å². The molecule has 0 radical (unpaired) electrons. The van der Waals surface area contributed by atoms with Crippen molar-refractivity contribution < 1.29 is 19.4 Å². The lowest BCUT2D eigenvalue weighted by Gasteiger charge is -2.09. The SMILES string of the molecule is COc1ccccc1OCC(=O)N/N=C\c1ccc(O)cc1. The molecule has 1 amide bonds. The summed E-state index contributed by atoms with van der Waals surface area (Å²) in [6.45, 7) is -0.173. The number of para-hydroxylation sites is 2. The zero-order chi connectivity index (χ0) is 15.8. The summed E-state index contributed by atoms with van der Waals surface area (Å²) in [5.74, 6) is 0.831. The maximum absolute atomic E-state index is 11.6. The normalized spacial score (nSPS) is 10.4. The number of phenolic OH excluding ortho intramolecular Hbond substituents is 1. The van der Waals surface area contributed by atoms with E-state index >= 15 is 0 Å². The van der Waals surface area contributed by atoms with Gasteiger partial charge in [0.15, 0.2) is 18.1 Å². The molecule has 0 unspecified atom stereocenters. The Kier molecular flexibility index (Phi) is 5.37. The molecule has 0 aromatic heterocycles. The minimum absolute atomic E-state index is 0.173. The summed E-state index contributed by atoms with van der Waals surface area (Å²) < 4.78 is 10.5. The Morgan fingerprint density at radius 1 is 1.18 bits per heavy atom. The van der Waals surface area contributed by atoms with Crippen LogP contribution in [0, 0.1) is 0 Å². The summed E-state index contributed by atoms with van der Waals surface area (Å²) in [6, 6.07) is 13.5. The smallest absolute Gasteiger partial charge is 0.277 e. The maximum Gasteiger partial charge on any atom is 0.277 e. The van der Waals surface area contributed by atoms with Crippen LogP contribution in [0.25, 0.3) is 0 Å². The van der Waals surface area contributed by atoms with Gasteiger partial charge in [-0.15, -0.1) is 0 Å². The number of rotatable bonds is 6. The Hall–Kier alpha value is -3.02. The third-order valence-corrected chi connectivity index (χ3v) is 2.72. The van der Waals surface area contributed by atoms with Crippen molar-refractivity contribution in [3.05, 3.63) is 54.1 Å². The van der Waals surface area contributed by atoms with Crippen molar-refractivity contribution in [1.82, 2.24) is 5.43 Å². The van der Waals surface area contributed by atoms with Crippen LogP contribution < -0.4 is 14.9 Å². The molecule has 22 heavy (non-hydrogen) atoms. The number of ether oxygens (including phenoxy) is 2. The highest BCUT2D eigenvalue weighted by Crippen LogP contribution is 2.25. The Bertz CT molecular complexity index is 653. The molecule has 0 bridgehead atoms. The molecule has 2 rings (SSSR count). The van der Waals surface area contributed by atoms with Gasteiger partial charge in [0.05, 0.1) is 13.3 Å². The van der Waals surface area contributed by atoms with Gasteiger partial charge in [-0.3, -0.25) is 4.79 Å². The fourth-order valence-electron chi connectivity index (χ4n) is 1.65. The van der Waals surface area contributed by atoms with E-state index in [4.69, 9.17) is 14.6 Å². The molecule has 114 valence electrons. The van der Waals surface area contributed by atoms with Gasteiger partial charge >= 0.3 is 0 Å². The van der Waals surface area contributed by atoms with Gasteiger partial charge in [-0.1, -0.05) is 12.1 Å². The summed E-state index contributed by atoms with van der Waals surface area (Å²) in [5, 5.41) is 13.0. The second-order valence-corrected chi connectivity index (χ2v) is 4.32. The van der Waals surface area contributed by atoms with Crippen LogP contribution in [0.15, 0.2) is 53.6 Å². The molecule has 0 saturated heterocycles. The Balaban J connectivity index is 1.82. The average molecular weight is 300 g/mol. The Morgan fingerprint density at radius 3 is 2.55 bits per heavy atom. The van der Waals surface area contributed by atoms with Gasteiger partial charge < -0.3 is 14.6 Å².